The maximum absolute atomic E-state index is 12.3. The van der Waals surface area contributed by atoms with Gasteiger partial charge in [-0.25, -0.2) is 5.43 Å². The van der Waals surface area contributed by atoms with E-state index in [-0.39, 0.29) is 5.91 Å². The molecule has 3 aromatic carbocycles. The van der Waals surface area contributed by atoms with Crippen molar-refractivity contribution in [3.63, 3.8) is 0 Å². The summed E-state index contributed by atoms with van der Waals surface area (Å²) in [4.78, 5) is 12.3. The summed E-state index contributed by atoms with van der Waals surface area (Å²) in [7, 11) is 0. The molecule has 3 aromatic rings. The number of amides is 1. The molecule has 7 heteroatoms. The number of hydrogen-bond donors (Lipinski definition) is 1. The van der Waals surface area contributed by atoms with Crippen LogP contribution in [-0.4, -0.2) is 18.7 Å². The van der Waals surface area contributed by atoms with Gasteiger partial charge in [0.25, 0.3) is 5.91 Å². The summed E-state index contributed by atoms with van der Waals surface area (Å²) in [5.74, 6) is 0.909. The fourth-order valence-corrected chi connectivity index (χ4v) is 3.16. The molecule has 0 aromatic heterocycles. The molecule has 5 nitrogen and oxygen atoms in total. The lowest BCUT2D eigenvalue weighted by Crippen LogP contribution is -2.18. The Labute approximate surface area is 191 Å². The van der Waals surface area contributed by atoms with Crippen molar-refractivity contribution in [1.82, 2.24) is 5.43 Å². The largest absolute Gasteiger partial charge is 0.490 e. The van der Waals surface area contributed by atoms with Crippen molar-refractivity contribution in [1.29, 1.82) is 0 Å². The minimum absolute atomic E-state index is 0.263. The number of hydrogen-bond acceptors (Lipinski definition) is 4. The van der Waals surface area contributed by atoms with Crippen molar-refractivity contribution in [2.45, 2.75) is 20.5 Å². The second-order valence-corrected chi connectivity index (χ2v) is 7.50. The molecule has 0 heterocycles. The molecule has 31 heavy (non-hydrogen) atoms. The Bertz CT molecular complexity index is 1100. The molecule has 0 aliphatic heterocycles. The zero-order valence-electron chi connectivity index (χ0n) is 17.2. The summed E-state index contributed by atoms with van der Waals surface area (Å²) < 4.78 is 11.6. The van der Waals surface area contributed by atoms with Gasteiger partial charge >= 0.3 is 0 Å². The topological polar surface area (TPSA) is 59.9 Å². The molecule has 1 N–H and O–H groups in total. The highest BCUT2D eigenvalue weighted by molar-refractivity contribution is 6.42. The fourth-order valence-electron chi connectivity index (χ4n) is 2.84. The molecule has 0 spiro atoms. The molecule has 0 aliphatic carbocycles. The molecule has 0 unspecified atom stereocenters. The van der Waals surface area contributed by atoms with E-state index < -0.39 is 0 Å². The van der Waals surface area contributed by atoms with Gasteiger partial charge < -0.3 is 9.47 Å². The van der Waals surface area contributed by atoms with Gasteiger partial charge in [-0.2, -0.15) is 5.10 Å². The van der Waals surface area contributed by atoms with Crippen molar-refractivity contribution >= 4 is 35.3 Å². The van der Waals surface area contributed by atoms with E-state index in [1.807, 2.05) is 44.2 Å². The van der Waals surface area contributed by atoms with Crippen molar-refractivity contribution in [2.75, 3.05) is 6.61 Å². The molecule has 0 radical (unpaired) electrons. The molecule has 0 atom stereocenters. The minimum Gasteiger partial charge on any atom is -0.490 e. The Morgan fingerprint density at radius 2 is 1.81 bits per heavy atom. The number of ether oxygens (including phenoxy) is 2. The zero-order chi connectivity index (χ0) is 22.2. The lowest BCUT2D eigenvalue weighted by atomic mass is 10.1. The summed E-state index contributed by atoms with van der Waals surface area (Å²) in [6.07, 6.45) is 1.56. The van der Waals surface area contributed by atoms with Gasteiger partial charge in [0.1, 0.15) is 6.61 Å². The standard InChI is InChI=1S/C24H22Cl2N2O3/c1-3-30-23-13-17(14-27-28-24(29)19-7-5-4-6-16(19)2)9-11-22(23)31-15-18-8-10-20(25)21(26)12-18/h4-14H,3,15H2,1-2H3,(H,28,29)/b27-14-. The molecule has 0 aliphatic rings. The van der Waals surface area contributed by atoms with Crippen LogP contribution in [-0.2, 0) is 6.61 Å². The van der Waals surface area contributed by atoms with Gasteiger partial charge in [0.05, 0.1) is 22.9 Å². The lowest BCUT2D eigenvalue weighted by Gasteiger charge is -2.13. The van der Waals surface area contributed by atoms with E-state index in [0.717, 1.165) is 16.7 Å². The molecule has 0 saturated heterocycles. The molecule has 0 fully saturated rings. The van der Waals surface area contributed by atoms with Crippen LogP contribution >= 0.6 is 23.2 Å². The number of benzene rings is 3. The van der Waals surface area contributed by atoms with Crippen molar-refractivity contribution in [3.8, 4) is 11.5 Å². The van der Waals surface area contributed by atoms with Gasteiger partial charge in [-0.05, 0) is 66.9 Å². The van der Waals surface area contributed by atoms with Crippen molar-refractivity contribution in [3.05, 3.63) is 93.0 Å². The van der Waals surface area contributed by atoms with Crippen LogP contribution in [0.2, 0.25) is 10.0 Å². The van der Waals surface area contributed by atoms with Gasteiger partial charge in [-0.15, -0.1) is 0 Å². The second-order valence-electron chi connectivity index (χ2n) is 6.69. The van der Waals surface area contributed by atoms with Crippen LogP contribution in [0.3, 0.4) is 0 Å². The highest BCUT2D eigenvalue weighted by atomic mass is 35.5. The number of carbonyl (C=O) groups is 1. The predicted octanol–water partition coefficient (Wildman–Crippen LogP) is 6.04. The third-order valence-electron chi connectivity index (χ3n) is 4.42. The smallest absolute Gasteiger partial charge is 0.271 e. The number of rotatable bonds is 8. The highest BCUT2D eigenvalue weighted by Gasteiger charge is 2.09. The minimum atomic E-state index is -0.263. The average Bonchev–Trinajstić information content (AvgIpc) is 2.76. The van der Waals surface area contributed by atoms with Gasteiger partial charge in [0.15, 0.2) is 11.5 Å². The predicted molar refractivity (Wildman–Crippen MR) is 125 cm³/mol. The summed E-state index contributed by atoms with van der Waals surface area (Å²) in [5, 5.41) is 5.03. The molecule has 0 bridgehead atoms. The van der Waals surface area contributed by atoms with E-state index in [1.165, 1.54) is 0 Å². The van der Waals surface area contributed by atoms with Crippen LogP contribution in [0.1, 0.15) is 34.0 Å². The number of halogens is 2. The lowest BCUT2D eigenvalue weighted by molar-refractivity contribution is 0.0954. The van der Waals surface area contributed by atoms with Crippen LogP contribution in [0.25, 0.3) is 0 Å². The maximum atomic E-state index is 12.3. The number of carbonyl (C=O) groups excluding carboxylic acids is 1. The van der Waals surface area contributed by atoms with E-state index in [2.05, 4.69) is 10.5 Å². The van der Waals surface area contributed by atoms with Gasteiger partial charge in [0.2, 0.25) is 0 Å². The number of nitrogens with zero attached hydrogens (tertiary/aromatic N) is 1. The third kappa shape index (κ3) is 6.23. The summed E-state index contributed by atoms with van der Waals surface area (Å²) >= 11 is 12.0. The van der Waals surface area contributed by atoms with E-state index in [1.54, 1.807) is 36.5 Å². The second kappa shape index (κ2) is 10.8. The first kappa shape index (κ1) is 22.7. The van der Waals surface area contributed by atoms with Crippen LogP contribution in [0.4, 0.5) is 0 Å². The third-order valence-corrected chi connectivity index (χ3v) is 5.15. The Balaban J connectivity index is 1.67. The highest BCUT2D eigenvalue weighted by Crippen LogP contribution is 2.30. The van der Waals surface area contributed by atoms with Gasteiger partial charge in [0, 0.05) is 5.56 Å². The first-order chi connectivity index (χ1) is 15.0. The van der Waals surface area contributed by atoms with E-state index in [0.29, 0.717) is 40.3 Å². The quantitative estimate of drug-likeness (QED) is 0.331. The summed E-state index contributed by atoms with van der Waals surface area (Å²) in [6.45, 7) is 4.57. The number of aryl methyl sites for hydroxylation is 1. The molecule has 160 valence electrons. The first-order valence-corrected chi connectivity index (χ1v) is 10.5. The SMILES string of the molecule is CCOc1cc(/C=N\NC(=O)c2ccccc2C)ccc1OCc1ccc(Cl)c(Cl)c1. The summed E-state index contributed by atoms with van der Waals surface area (Å²) in [5.41, 5.74) is 5.67. The monoisotopic (exact) mass is 456 g/mol. The summed E-state index contributed by atoms with van der Waals surface area (Å²) in [6, 6.07) is 18.1. The maximum Gasteiger partial charge on any atom is 0.271 e. The molecule has 0 saturated carbocycles. The fraction of sp³-hybridized carbons (Fsp3) is 0.167. The Hall–Kier alpha value is -3.02. The van der Waals surface area contributed by atoms with E-state index in [9.17, 15) is 4.79 Å². The van der Waals surface area contributed by atoms with E-state index >= 15 is 0 Å². The Morgan fingerprint density at radius 3 is 2.55 bits per heavy atom. The number of nitrogens with one attached hydrogen (secondary N) is 1. The molecule has 3 rings (SSSR count). The Morgan fingerprint density at radius 1 is 1.00 bits per heavy atom. The first-order valence-electron chi connectivity index (χ1n) is 9.70. The molecule has 1 amide bonds. The zero-order valence-corrected chi connectivity index (χ0v) is 18.7. The van der Waals surface area contributed by atoms with E-state index in [4.69, 9.17) is 32.7 Å². The van der Waals surface area contributed by atoms with Crippen LogP contribution in [0.15, 0.2) is 65.8 Å². The molecular formula is C24H22Cl2N2O3. The van der Waals surface area contributed by atoms with Crippen molar-refractivity contribution < 1.29 is 14.3 Å². The van der Waals surface area contributed by atoms with Crippen molar-refractivity contribution in [2.24, 2.45) is 5.10 Å². The van der Waals surface area contributed by atoms with Crippen LogP contribution < -0.4 is 14.9 Å². The Kier molecular flexibility index (Phi) is 7.93. The van der Waals surface area contributed by atoms with Gasteiger partial charge in [-0.3, -0.25) is 4.79 Å². The van der Waals surface area contributed by atoms with Gasteiger partial charge in [-0.1, -0.05) is 47.5 Å². The van der Waals surface area contributed by atoms with Crippen LogP contribution in [0, 0.1) is 6.92 Å². The number of hydrazone groups is 1. The van der Waals surface area contributed by atoms with Crippen LogP contribution in [0.5, 0.6) is 11.5 Å². The average molecular weight is 457 g/mol. The molecular weight excluding hydrogens is 435 g/mol. The normalized spacial score (nSPS) is 10.8.